The number of carbonyl (C=O) groups excluding carboxylic acids is 1. The summed E-state index contributed by atoms with van der Waals surface area (Å²) in [5.41, 5.74) is -0.581. The quantitative estimate of drug-likeness (QED) is 0.537. The third-order valence-corrected chi connectivity index (χ3v) is 5.15. The molecule has 4 rings (SSSR count). The average Bonchev–Trinajstić information content (AvgIpc) is 3.22. The van der Waals surface area contributed by atoms with Crippen LogP contribution in [0.15, 0.2) is 26.5 Å². The Bertz CT molecular complexity index is 1270. The van der Waals surface area contributed by atoms with Crippen LogP contribution in [0.2, 0.25) is 5.02 Å². The van der Waals surface area contributed by atoms with E-state index in [9.17, 15) is 19.2 Å². The lowest BCUT2D eigenvalue weighted by Crippen LogP contribution is -2.35. The van der Waals surface area contributed by atoms with E-state index >= 15 is 0 Å². The van der Waals surface area contributed by atoms with Crippen LogP contribution in [0.1, 0.15) is 15.9 Å². The van der Waals surface area contributed by atoms with Crippen LogP contribution < -0.4 is 26.6 Å². The van der Waals surface area contributed by atoms with Crippen LogP contribution in [0.4, 0.5) is 11.4 Å². The highest BCUT2D eigenvalue weighted by Crippen LogP contribution is 2.36. The first-order valence-corrected chi connectivity index (χ1v) is 8.93. The Morgan fingerprint density at radius 1 is 1.14 bits per heavy atom. The van der Waals surface area contributed by atoms with Crippen molar-refractivity contribution in [3.05, 3.63) is 59.2 Å². The highest BCUT2D eigenvalue weighted by Gasteiger charge is 2.33. The van der Waals surface area contributed by atoms with Crippen LogP contribution in [0.3, 0.4) is 0 Å². The molecule has 0 bridgehead atoms. The van der Waals surface area contributed by atoms with Crippen molar-refractivity contribution >= 4 is 28.9 Å². The van der Waals surface area contributed by atoms with Crippen molar-refractivity contribution in [2.75, 3.05) is 19.0 Å². The Hall–Kier alpha value is -3.47. The Morgan fingerprint density at radius 3 is 2.55 bits per heavy atom. The van der Waals surface area contributed by atoms with Crippen LogP contribution in [0, 0.1) is 0 Å². The molecule has 3 aromatic rings. The maximum atomic E-state index is 13.0. The second kappa shape index (κ2) is 6.85. The fourth-order valence-corrected chi connectivity index (χ4v) is 3.47. The molecule has 29 heavy (non-hydrogen) atoms. The predicted molar refractivity (Wildman–Crippen MR) is 103 cm³/mol. The summed E-state index contributed by atoms with van der Waals surface area (Å²) in [6, 6.07) is 3.16. The number of ether oxygens (including phenoxy) is 1. The van der Waals surface area contributed by atoms with E-state index in [1.165, 1.54) is 19.1 Å². The first-order valence-electron chi connectivity index (χ1n) is 8.55. The van der Waals surface area contributed by atoms with E-state index in [1.807, 2.05) is 0 Å². The first kappa shape index (κ1) is 18.9. The van der Waals surface area contributed by atoms with Crippen LogP contribution in [0.5, 0.6) is 5.75 Å². The molecule has 1 amide bonds. The van der Waals surface area contributed by atoms with Gasteiger partial charge in [-0.05, 0) is 22.6 Å². The number of anilines is 2. The molecular formula is C17H15ClN6O5. The van der Waals surface area contributed by atoms with E-state index < -0.39 is 10.9 Å². The number of aryl methyl sites for hydroxylation is 1. The average molecular weight is 419 g/mol. The minimum atomic E-state index is -0.719. The van der Waals surface area contributed by atoms with Gasteiger partial charge in [0.1, 0.15) is 5.69 Å². The van der Waals surface area contributed by atoms with Gasteiger partial charge in [0, 0.05) is 30.7 Å². The van der Waals surface area contributed by atoms with Gasteiger partial charge >= 0.3 is 5.69 Å². The number of fused-ring (bicyclic) bond motifs is 1. The molecule has 1 N–H and O–H groups in total. The van der Waals surface area contributed by atoms with E-state index in [1.54, 1.807) is 12.1 Å². The number of benzene rings is 1. The number of amides is 1. The van der Waals surface area contributed by atoms with Gasteiger partial charge in [-0.3, -0.25) is 14.4 Å². The number of halogens is 1. The predicted octanol–water partition coefficient (Wildman–Crippen LogP) is -0.366. The second-order valence-corrected chi connectivity index (χ2v) is 6.88. The third-order valence-electron chi connectivity index (χ3n) is 4.80. The first-order chi connectivity index (χ1) is 13.8. The lowest BCUT2D eigenvalue weighted by molar-refractivity contribution is 0.0771. The van der Waals surface area contributed by atoms with Gasteiger partial charge in [-0.25, -0.2) is 4.79 Å². The zero-order valence-corrected chi connectivity index (χ0v) is 16.2. The van der Waals surface area contributed by atoms with E-state index in [0.717, 1.165) is 9.36 Å². The summed E-state index contributed by atoms with van der Waals surface area (Å²) in [6.45, 7) is 0.616. The van der Waals surface area contributed by atoms with Crippen molar-refractivity contribution < 1.29 is 9.53 Å². The molecule has 0 atom stereocenters. The number of nitrogens with zero attached hydrogens (tertiary/aromatic N) is 5. The maximum Gasteiger partial charge on any atom is 0.363 e. The summed E-state index contributed by atoms with van der Waals surface area (Å²) in [5.74, 6) is -0.400. The SMILES string of the molecule is COc1c(Nc2ccc(Cl)c3c2C(=O)N(CCn2nnn(C)c2=O)C3)c(=O)c1=O. The van der Waals surface area contributed by atoms with Gasteiger partial charge in [0.05, 0.1) is 24.9 Å². The van der Waals surface area contributed by atoms with Gasteiger partial charge in [-0.1, -0.05) is 11.6 Å². The van der Waals surface area contributed by atoms with Gasteiger partial charge in [-0.2, -0.15) is 9.36 Å². The molecule has 1 aromatic heterocycles. The maximum absolute atomic E-state index is 13.0. The number of hydrogen-bond acceptors (Lipinski definition) is 8. The molecule has 0 aliphatic carbocycles. The molecule has 0 fully saturated rings. The molecule has 0 radical (unpaired) electrons. The number of carbonyl (C=O) groups is 1. The number of aromatic nitrogens is 4. The van der Waals surface area contributed by atoms with Gasteiger partial charge in [-0.15, -0.1) is 0 Å². The topological polar surface area (TPSA) is 128 Å². The highest BCUT2D eigenvalue weighted by atomic mass is 35.5. The highest BCUT2D eigenvalue weighted by molar-refractivity contribution is 6.32. The summed E-state index contributed by atoms with van der Waals surface area (Å²) in [4.78, 5) is 49.7. The Kier molecular flexibility index (Phi) is 4.46. The van der Waals surface area contributed by atoms with Crippen molar-refractivity contribution in [1.29, 1.82) is 0 Å². The van der Waals surface area contributed by atoms with E-state index in [2.05, 4.69) is 15.7 Å². The molecular weight excluding hydrogens is 404 g/mol. The molecule has 150 valence electrons. The van der Waals surface area contributed by atoms with Crippen LogP contribution in [-0.2, 0) is 20.1 Å². The Labute approximate surface area is 167 Å². The Balaban J connectivity index is 1.60. The summed E-state index contributed by atoms with van der Waals surface area (Å²) >= 11 is 6.26. The molecule has 2 heterocycles. The molecule has 0 unspecified atom stereocenters. The number of tetrazole rings is 1. The fourth-order valence-electron chi connectivity index (χ4n) is 3.25. The third kappa shape index (κ3) is 2.90. The van der Waals surface area contributed by atoms with Gasteiger partial charge in [0.2, 0.25) is 0 Å². The van der Waals surface area contributed by atoms with Crippen molar-refractivity contribution in [3.8, 4) is 5.75 Å². The van der Waals surface area contributed by atoms with Crippen molar-refractivity contribution in [2.45, 2.75) is 13.1 Å². The summed E-state index contributed by atoms with van der Waals surface area (Å²) in [6.07, 6.45) is 0. The zero-order valence-electron chi connectivity index (χ0n) is 15.4. The van der Waals surface area contributed by atoms with E-state index in [-0.39, 0.29) is 42.7 Å². The monoisotopic (exact) mass is 418 g/mol. The minimum Gasteiger partial charge on any atom is -0.491 e. The van der Waals surface area contributed by atoms with E-state index in [4.69, 9.17) is 16.3 Å². The molecule has 0 saturated heterocycles. The minimum absolute atomic E-state index is 0.000570. The molecule has 0 saturated carbocycles. The molecule has 12 heteroatoms. The normalized spacial score (nSPS) is 13.2. The van der Waals surface area contributed by atoms with Crippen LogP contribution >= 0.6 is 11.6 Å². The largest absolute Gasteiger partial charge is 0.491 e. The number of methoxy groups -OCH3 is 1. The summed E-state index contributed by atoms with van der Waals surface area (Å²) in [5, 5.41) is 10.6. The molecule has 1 aliphatic heterocycles. The van der Waals surface area contributed by atoms with Gasteiger partial charge in [0.25, 0.3) is 16.8 Å². The summed E-state index contributed by atoms with van der Waals surface area (Å²) in [7, 11) is 2.77. The van der Waals surface area contributed by atoms with Crippen LogP contribution in [-0.4, -0.2) is 44.3 Å². The number of rotatable bonds is 6. The smallest absolute Gasteiger partial charge is 0.363 e. The zero-order chi connectivity index (χ0) is 20.9. The Morgan fingerprint density at radius 2 is 1.90 bits per heavy atom. The van der Waals surface area contributed by atoms with Crippen molar-refractivity contribution in [2.24, 2.45) is 7.05 Å². The van der Waals surface area contributed by atoms with Crippen LogP contribution in [0.25, 0.3) is 0 Å². The summed E-state index contributed by atoms with van der Waals surface area (Å²) < 4.78 is 7.18. The second-order valence-electron chi connectivity index (χ2n) is 6.47. The van der Waals surface area contributed by atoms with Gasteiger partial charge in [0.15, 0.2) is 5.75 Å². The molecule has 0 spiro atoms. The van der Waals surface area contributed by atoms with Crippen molar-refractivity contribution in [1.82, 2.24) is 24.7 Å². The molecule has 1 aliphatic rings. The molecule has 11 nitrogen and oxygen atoms in total. The standard InChI is InChI=1S/C17H15ClN6O5/c1-22-17(28)24(21-20-22)6-5-23-7-8-9(18)3-4-10(11(8)16(23)27)19-12-13(25)14(26)15(12)29-2/h3-4,19H,5-7H2,1-2H3. The van der Waals surface area contributed by atoms with E-state index in [0.29, 0.717) is 21.8 Å². The van der Waals surface area contributed by atoms with Gasteiger partial charge < -0.3 is 15.0 Å². The lowest BCUT2D eigenvalue weighted by Gasteiger charge is -2.16. The number of hydrogen-bond donors (Lipinski definition) is 1. The van der Waals surface area contributed by atoms with Crippen molar-refractivity contribution in [3.63, 3.8) is 0 Å². The lowest BCUT2D eigenvalue weighted by atomic mass is 10.1. The fraction of sp³-hybridized carbons (Fsp3) is 0.294. The number of nitrogens with one attached hydrogen (secondary N) is 1. The molecule has 2 aromatic carbocycles.